The molecule has 116 valence electrons. The van der Waals surface area contributed by atoms with E-state index in [4.69, 9.17) is 0 Å². The quantitative estimate of drug-likeness (QED) is 0.864. The van der Waals surface area contributed by atoms with Crippen LogP contribution in [-0.4, -0.2) is 25.2 Å². The number of Topliss-reactive ketones (excluding diaryl/α,β-unsaturated/α-hetero) is 1. The number of halogens is 3. The van der Waals surface area contributed by atoms with Crippen molar-refractivity contribution >= 4 is 5.78 Å². The maximum atomic E-state index is 12.8. The molecule has 0 aliphatic carbocycles. The van der Waals surface area contributed by atoms with E-state index in [9.17, 15) is 18.0 Å². The first-order valence-corrected chi connectivity index (χ1v) is 6.98. The number of ether oxygens (including phenoxy) is 1. The van der Waals surface area contributed by atoms with Gasteiger partial charge in [-0.05, 0) is 44.5 Å². The topological polar surface area (TPSA) is 38.3 Å². The summed E-state index contributed by atoms with van der Waals surface area (Å²) in [5.74, 6) is -0.673. The summed E-state index contributed by atoms with van der Waals surface area (Å²) in [4.78, 5) is 12.8. The monoisotopic (exact) mass is 301 g/mol. The molecule has 1 saturated heterocycles. The third-order valence-electron chi connectivity index (χ3n) is 4.08. The Bertz CT molecular complexity index is 508. The fraction of sp³-hybridized carbons (Fsp3) is 0.533. The molecular weight excluding hydrogens is 283 g/mol. The zero-order chi connectivity index (χ0) is 15.5. The molecule has 1 aliphatic heterocycles. The molecule has 0 amide bonds. The van der Waals surface area contributed by atoms with Crippen molar-refractivity contribution in [2.45, 2.75) is 32.5 Å². The van der Waals surface area contributed by atoms with Gasteiger partial charge in [0.1, 0.15) is 5.75 Å². The Morgan fingerprint density at radius 1 is 1.29 bits per heavy atom. The van der Waals surface area contributed by atoms with Gasteiger partial charge in [0.15, 0.2) is 5.78 Å². The largest absolute Gasteiger partial charge is 0.573 e. The van der Waals surface area contributed by atoms with E-state index in [1.807, 2.05) is 6.92 Å². The average molecular weight is 301 g/mol. The van der Waals surface area contributed by atoms with Crippen LogP contribution in [0.15, 0.2) is 24.3 Å². The molecule has 2 rings (SSSR count). The normalized spacial score (nSPS) is 18.3. The van der Waals surface area contributed by atoms with Gasteiger partial charge in [-0.2, -0.15) is 0 Å². The number of carbonyl (C=O) groups excluding carboxylic acids is 1. The van der Waals surface area contributed by atoms with E-state index in [-0.39, 0.29) is 11.3 Å². The van der Waals surface area contributed by atoms with Gasteiger partial charge in [0, 0.05) is 5.41 Å². The van der Waals surface area contributed by atoms with E-state index in [1.165, 1.54) is 18.2 Å². The Balaban J connectivity index is 2.34. The zero-order valence-corrected chi connectivity index (χ0v) is 11.8. The van der Waals surface area contributed by atoms with Gasteiger partial charge in [-0.1, -0.05) is 19.1 Å². The second-order valence-corrected chi connectivity index (χ2v) is 5.26. The van der Waals surface area contributed by atoms with E-state index in [0.717, 1.165) is 0 Å². The van der Waals surface area contributed by atoms with E-state index >= 15 is 0 Å². The molecule has 0 unspecified atom stereocenters. The Morgan fingerprint density at radius 2 is 1.90 bits per heavy atom. The van der Waals surface area contributed by atoms with Crippen molar-refractivity contribution in [2.75, 3.05) is 13.1 Å². The highest BCUT2D eigenvalue weighted by molar-refractivity contribution is 6.02. The van der Waals surface area contributed by atoms with E-state index in [2.05, 4.69) is 10.1 Å². The third kappa shape index (κ3) is 3.56. The van der Waals surface area contributed by atoms with Crippen LogP contribution in [0.3, 0.4) is 0 Å². The first-order chi connectivity index (χ1) is 9.88. The Labute approximate surface area is 121 Å². The summed E-state index contributed by atoms with van der Waals surface area (Å²) in [6.07, 6.45) is -2.94. The second kappa shape index (κ2) is 6.05. The maximum absolute atomic E-state index is 12.8. The van der Waals surface area contributed by atoms with Gasteiger partial charge >= 0.3 is 6.36 Å². The zero-order valence-electron chi connectivity index (χ0n) is 11.8. The van der Waals surface area contributed by atoms with E-state index < -0.39 is 17.5 Å². The van der Waals surface area contributed by atoms with Crippen molar-refractivity contribution in [1.82, 2.24) is 5.32 Å². The van der Waals surface area contributed by atoms with Crippen molar-refractivity contribution in [3.63, 3.8) is 0 Å². The molecule has 0 aromatic heterocycles. The second-order valence-electron chi connectivity index (χ2n) is 5.26. The van der Waals surface area contributed by atoms with Crippen molar-refractivity contribution < 1.29 is 22.7 Å². The Kier molecular flexibility index (Phi) is 4.56. The first kappa shape index (κ1) is 15.8. The van der Waals surface area contributed by atoms with Crippen LogP contribution in [0, 0.1) is 5.41 Å². The van der Waals surface area contributed by atoms with Crippen LogP contribution in [0.2, 0.25) is 0 Å². The standard InChI is InChI=1S/C15H18F3NO2/c1-2-14(7-9-19-10-8-14)13(20)11-5-3-4-6-12(11)21-15(16,17)18/h3-6,19H,2,7-10H2,1H3. The predicted octanol–water partition coefficient (Wildman–Crippen LogP) is 3.55. The van der Waals surface area contributed by atoms with Crippen molar-refractivity contribution in [1.29, 1.82) is 0 Å². The summed E-state index contributed by atoms with van der Waals surface area (Å²) >= 11 is 0. The fourth-order valence-electron chi connectivity index (χ4n) is 2.80. The average Bonchev–Trinajstić information content (AvgIpc) is 2.46. The molecule has 0 bridgehead atoms. The van der Waals surface area contributed by atoms with Gasteiger partial charge < -0.3 is 10.1 Å². The van der Waals surface area contributed by atoms with Crippen LogP contribution in [0.25, 0.3) is 0 Å². The van der Waals surface area contributed by atoms with Gasteiger partial charge in [0.2, 0.25) is 0 Å². The van der Waals surface area contributed by atoms with Crippen LogP contribution in [-0.2, 0) is 0 Å². The number of alkyl halides is 3. The van der Waals surface area contributed by atoms with Crippen LogP contribution >= 0.6 is 0 Å². The Hall–Kier alpha value is -1.56. The molecule has 3 nitrogen and oxygen atoms in total. The minimum Gasteiger partial charge on any atom is -0.405 e. The van der Waals surface area contributed by atoms with Crippen molar-refractivity contribution in [2.24, 2.45) is 5.41 Å². The third-order valence-corrected chi connectivity index (χ3v) is 4.08. The van der Waals surface area contributed by atoms with Gasteiger partial charge in [-0.25, -0.2) is 0 Å². The van der Waals surface area contributed by atoms with Crippen LogP contribution in [0.1, 0.15) is 36.5 Å². The summed E-state index contributed by atoms with van der Waals surface area (Å²) in [6.45, 7) is 3.29. The van der Waals surface area contributed by atoms with Crippen molar-refractivity contribution in [3.05, 3.63) is 29.8 Å². The lowest BCUT2D eigenvalue weighted by Gasteiger charge is -2.35. The molecule has 0 atom stereocenters. The Morgan fingerprint density at radius 3 is 2.48 bits per heavy atom. The van der Waals surface area contributed by atoms with Crippen LogP contribution in [0.5, 0.6) is 5.75 Å². The number of carbonyl (C=O) groups is 1. The highest BCUT2D eigenvalue weighted by atomic mass is 19.4. The lowest BCUT2D eigenvalue weighted by molar-refractivity contribution is -0.274. The number of benzene rings is 1. The number of nitrogens with one attached hydrogen (secondary N) is 1. The molecule has 1 aliphatic rings. The van der Waals surface area contributed by atoms with E-state index in [0.29, 0.717) is 32.4 Å². The number of ketones is 1. The number of piperidine rings is 1. The summed E-state index contributed by atoms with van der Waals surface area (Å²) in [6, 6.07) is 5.58. The minimum atomic E-state index is -4.80. The summed E-state index contributed by atoms with van der Waals surface area (Å²) in [7, 11) is 0. The lowest BCUT2D eigenvalue weighted by atomic mass is 9.71. The van der Waals surface area contributed by atoms with E-state index in [1.54, 1.807) is 6.07 Å². The molecule has 1 fully saturated rings. The summed E-state index contributed by atoms with van der Waals surface area (Å²) in [5, 5.41) is 3.17. The van der Waals surface area contributed by atoms with Gasteiger partial charge in [-0.15, -0.1) is 13.2 Å². The fourth-order valence-corrected chi connectivity index (χ4v) is 2.80. The number of para-hydroxylation sites is 1. The summed E-state index contributed by atoms with van der Waals surface area (Å²) in [5.41, 5.74) is -0.588. The van der Waals surface area contributed by atoms with Crippen LogP contribution < -0.4 is 10.1 Å². The SMILES string of the molecule is CCC1(C(=O)c2ccccc2OC(F)(F)F)CCNCC1. The lowest BCUT2D eigenvalue weighted by Crippen LogP contribution is -2.42. The molecule has 0 saturated carbocycles. The number of rotatable bonds is 4. The molecule has 0 spiro atoms. The smallest absolute Gasteiger partial charge is 0.405 e. The molecule has 1 aromatic carbocycles. The van der Waals surface area contributed by atoms with Gasteiger partial charge in [-0.3, -0.25) is 4.79 Å². The first-order valence-electron chi connectivity index (χ1n) is 6.98. The molecular formula is C15H18F3NO2. The van der Waals surface area contributed by atoms with Gasteiger partial charge in [0.05, 0.1) is 5.56 Å². The molecule has 1 aromatic rings. The molecule has 21 heavy (non-hydrogen) atoms. The minimum absolute atomic E-state index is 0.0126. The highest BCUT2D eigenvalue weighted by Gasteiger charge is 2.40. The molecule has 0 radical (unpaired) electrons. The van der Waals surface area contributed by atoms with Crippen LogP contribution in [0.4, 0.5) is 13.2 Å². The number of hydrogen-bond acceptors (Lipinski definition) is 3. The van der Waals surface area contributed by atoms with Gasteiger partial charge in [0.25, 0.3) is 0 Å². The molecule has 1 N–H and O–H groups in total. The highest BCUT2D eigenvalue weighted by Crippen LogP contribution is 2.39. The molecule has 1 heterocycles. The maximum Gasteiger partial charge on any atom is 0.573 e. The number of hydrogen-bond donors (Lipinski definition) is 1. The summed E-state index contributed by atoms with van der Waals surface area (Å²) < 4.78 is 41.4. The van der Waals surface area contributed by atoms with Crippen molar-refractivity contribution in [3.8, 4) is 5.75 Å². The predicted molar refractivity (Wildman–Crippen MR) is 72.3 cm³/mol. The molecule has 6 heteroatoms.